The summed E-state index contributed by atoms with van der Waals surface area (Å²) in [6.45, 7) is 0. The van der Waals surface area contributed by atoms with Gasteiger partial charge >= 0.3 is 12.3 Å². The van der Waals surface area contributed by atoms with Crippen molar-refractivity contribution < 1.29 is 22.7 Å². The summed E-state index contributed by atoms with van der Waals surface area (Å²) < 4.78 is 47.8. The van der Waals surface area contributed by atoms with Crippen LogP contribution in [-0.4, -0.2) is 33.1 Å². The molecular formula is C21H20F3N5O2. The first-order valence-corrected chi connectivity index (χ1v) is 10.1. The van der Waals surface area contributed by atoms with Crippen molar-refractivity contribution in [3.05, 3.63) is 42.1 Å². The number of amides is 1. The number of halogens is 3. The van der Waals surface area contributed by atoms with E-state index in [0.717, 1.165) is 36.6 Å². The molecule has 1 aromatic carbocycles. The summed E-state index contributed by atoms with van der Waals surface area (Å²) in [5.74, 6) is -0.168. The average molecular weight is 431 g/mol. The molecule has 1 saturated carbocycles. The lowest BCUT2D eigenvalue weighted by atomic mass is 9.92. The summed E-state index contributed by atoms with van der Waals surface area (Å²) in [7, 11) is 0. The number of anilines is 1. The van der Waals surface area contributed by atoms with Crippen LogP contribution in [0, 0.1) is 0 Å². The molecule has 162 valence electrons. The molecular weight excluding hydrogens is 411 g/mol. The zero-order valence-electron chi connectivity index (χ0n) is 16.4. The number of rotatable bonds is 2. The number of nitrogens with one attached hydrogen (secondary N) is 1. The van der Waals surface area contributed by atoms with Gasteiger partial charge in [-0.1, -0.05) is 18.2 Å². The van der Waals surface area contributed by atoms with Gasteiger partial charge in [-0.2, -0.15) is 18.3 Å². The predicted octanol–water partition coefficient (Wildman–Crippen LogP) is 4.71. The largest absolute Gasteiger partial charge is 0.431 e. The number of para-hydroxylation sites is 1. The topological polar surface area (TPSA) is 95.1 Å². The average Bonchev–Trinajstić information content (AvgIpc) is 3.12. The summed E-state index contributed by atoms with van der Waals surface area (Å²) >= 11 is 0. The Labute approximate surface area is 175 Å². The Morgan fingerprint density at radius 2 is 1.87 bits per heavy atom. The quantitative estimate of drug-likeness (QED) is 0.613. The van der Waals surface area contributed by atoms with Crippen LogP contribution in [0.3, 0.4) is 0 Å². The van der Waals surface area contributed by atoms with E-state index in [1.165, 1.54) is 12.3 Å². The van der Waals surface area contributed by atoms with Crippen LogP contribution in [-0.2, 0) is 4.74 Å². The fourth-order valence-electron chi connectivity index (χ4n) is 4.48. The van der Waals surface area contributed by atoms with E-state index in [4.69, 9.17) is 10.8 Å². The molecule has 0 bridgehead atoms. The van der Waals surface area contributed by atoms with E-state index in [-0.39, 0.29) is 29.0 Å². The van der Waals surface area contributed by atoms with Gasteiger partial charge in [0.05, 0.1) is 17.1 Å². The van der Waals surface area contributed by atoms with Crippen LogP contribution in [0.1, 0.15) is 43.4 Å². The molecule has 1 amide bonds. The lowest BCUT2D eigenvalue weighted by Crippen LogP contribution is -2.34. The number of hydrogen-bond acceptors (Lipinski definition) is 5. The standard InChI is InChI=1S/C21H20F3N5O2/c22-21(23,24)18-16-14(9-10-26-19(16)27-20(30)31-18)17-13-3-1-2-4-15(13)29(28-17)12-7-5-11(25)6-8-12/h1-4,9-12,18H,5-8,25H2,(H,26,27,30)/t11?,12?,18-/m1/s1. The van der Waals surface area contributed by atoms with Crippen LogP contribution in [0.15, 0.2) is 36.5 Å². The number of pyridine rings is 1. The molecule has 10 heteroatoms. The molecule has 0 spiro atoms. The molecule has 5 rings (SSSR count). The number of nitrogens with two attached hydrogens (primary N) is 1. The molecule has 1 aliphatic heterocycles. The maximum Gasteiger partial charge on any atom is 0.430 e. The number of carbonyl (C=O) groups is 1. The molecule has 2 aliphatic rings. The van der Waals surface area contributed by atoms with Crippen molar-refractivity contribution in [2.24, 2.45) is 5.73 Å². The van der Waals surface area contributed by atoms with E-state index in [0.29, 0.717) is 5.69 Å². The lowest BCUT2D eigenvalue weighted by Gasteiger charge is -2.28. The Hall–Kier alpha value is -3.14. The molecule has 0 saturated heterocycles. The van der Waals surface area contributed by atoms with Gasteiger partial charge in [-0.3, -0.25) is 10.00 Å². The Morgan fingerprint density at radius 1 is 1.13 bits per heavy atom. The summed E-state index contributed by atoms with van der Waals surface area (Å²) in [5, 5.41) is 7.76. The van der Waals surface area contributed by atoms with Gasteiger partial charge in [-0.15, -0.1) is 0 Å². The third-order valence-corrected chi connectivity index (χ3v) is 5.95. The van der Waals surface area contributed by atoms with Gasteiger partial charge in [0.25, 0.3) is 0 Å². The smallest absolute Gasteiger partial charge is 0.430 e. The maximum absolute atomic E-state index is 13.8. The second-order valence-electron chi connectivity index (χ2n) is 7.95. The zero-order valence-corrected chi connectivity index (χ0v) is 16.4. The lowest BCUT2D eigenvalue weighted by molar-refractivity contribution is -0.206. The SMILES string of the molecule is NC1CCC(n2nc(-c3ccnc4c3[C@H](C(F)(F)F)OC(=O)N4)c3ccccc32)CC1. The third kappa shape index (κ3) is 3.40. The Morgan fingerprint density at radius 3 is 2.61 bits per heavy atom. The zero-order chi connectivity index (χ0) is 21.8. The van der Waals surface area contributed by atoms with Crippen LogP contribution in [0.25, 0.3) is 22.2 Å². The highest BCUT2D eigenvalue weighted by molar-refractivity contribution is 5.97. The molecule has 3 N–H and O–H groups in total. The minimum absolute atomic E-state index is 0.116. The van der Waals surface area contributed by atoms with Crippen LogP contribution >= 0.6 is 0 Å². The molecule has 2 aromatic heterocycles. The van der Waals surface area contributed by atoms with E-state index in [1.54, 1.807) is 0 Å². The van der Waals surface area contributed by atoms with Crippen molar-refractivity contribution in [2.45, 2.75) is 50.0 Å². The van der Waals surface area contributed by atoms with E-state index in [9.17, 15) is 18.0 Å². The summed E-state index contributed by atoms with van der Waals surface area (Å²) in [6.07, 6.45) is -3.59. The number of nitrogens with zero attached hydrogens (tertiary/aromatic N) is 3. The van der Waals surface area contributed by atoms with Gasteiger partial charge in [0.15, 0.2) is 0 Å². The molecule has 1 fully saturated rings. The minimum Gasteiger partial charge on any atom is -0.431 e. The molecule has 1 aliphatic carbocycles. The highest BCUT2D eigenvalue weighted by atomic mass is 19.4. The summed E-state index contributed by atoms with van der Waals surface area (Å²) in [5.41, 5.74) is 7.27. The van der Waals surface area contributed by atoms with Gasteiger partial charge in [-0.05, 0) is 37.8 Å². The Bertz CT molecular complexity index is 1150. The van der Waals surface area contributed by atoms with Crippen molar-refractivity contribution >= 4 is 22.8 Å². The van der Waals surface area contributed by atoms with Crippen LogP contribution in [0.5, 0.6) is 0 Å². The fraction of sp³-hybridized carbons (Fsp3) is 0.381. The molecule has 0 unspecified atom stereocenters. The van der Waals surface area contributed by atoms with Crippen molar-refractivity contribution in [3.63, 3.8) is 0 Å². The number of benzene rings is 1. The first-order valence-electron chi connectivity index (χ1n) is 10.1. The van der Waals surface area contributed by atoms with Gasteiger partial charge in [-0.25, -0.2) is 9.78 Å². The minimum atomic E-state index is -4.79. The highest BCUT2D eigenvalue weighted by Crippen LogP contribution is 2.46. The van der Waals surface area contributed by atoms with Crippen molar-refractivity contribution in [1.82, 2.24) is 14.8 Å². The predicted molar refractivity (Wildman–Crippen MR) is 107 cm³/mol. The summed E-state index contributed by atoms with van der Waals surface area (Å²) in [6, 6.07) is 9.20. The van der Waals surface area contributed by atoms with Gasteiger partial charge in [0.2, 0.25) is 6.10 Å². The van der Waals surface area contributed by atoms with Gasteiger partial charge in [0.1, 0.15) is 11.5 Å². The van der Waals surface area contributed by atoms with Crippen molar-refractivity contribution in [2.75, 3.05) is 5.32 Å². The molecule has 31 heavy (non-hydrogen) atoms. The van der Waals surface area contributed by atoms with E-state index in [2.05, 4.69) is 15.0 Å². The Kier molecular flexibility index (Phi) is 4.62. The van der Waals surface area contributed by atoms with Crippen LogP contribution in [0.2, 0.25) is 0 Å². The second-order valence-corrected chi connectivity index (χ2v) is 7.95. The van der Waals surface area contributed by atoms with Crippen LogP contribution < -0.4 is 11.1 Å². The molecule has 3 aromatic rings. The number of ether oxygens (including phenoxy) is 1. The first kappa shape index (κ1) is 19.8. The first-order chi connectivity index (χ1) is 14.8. The number of fused-ring (bicyclic) bond motifs is 2. The number of cyclic esters (lactones) is 1. The third-order valence-electron chi connectivity index (χ3n) is 5.95. The Balaban J connectivity index is 1.70. The van der Waals surface area contributed by atoms with Gasteiger partial charge in [0, 0.05) is 23.2 Å². The van der Waals surface area contributed by atoms with Crippen molar-refractivity contribution in [3.8, 4) is 11.3 Å². The second kappa shape index (κ2) is 7.23. The molecule has 1 atom stereocenters. The summed E-state index contributed by atoms with van der Waals surface area (Å²) in [4.78, 5) is 15.6. The highest BCUT2D eigenvalue weighted by Gasteiger charge is 2.49. The number of aromatic nitrogens is 3. The van der Waals surface area contributed by atoms with E-state index >= 15 is 0 Å². The molecule has 3 heterocycles. The fourth-order valence-corrected chi connectivity index (χ4v) is 4.48. The number of alkyl halides is 3. The monoisotopic (exact) mass is 431 g/mol. The number of hydrogen-bond donors (Lipinski definition) is 2. The molecule has 0 radical (unpaired) electrons. The number of carbonyl (C=O) groups excluding carboxylic acids is 1. The maximum atomic E-state index is 13.8. The van der Waals surface area contributed by atoms with E-state index < -0.39 is 18.4 Å². The van der Waals surface area contributed by atoms with E-state index in [1.807, 2.05) is 28.9 Å². The van der Waals surface area contributed by atoms with Gasteiger partial charge < -0.3 is 10.5 Å². The van der Waals surface area contributed by atoms with Crippen molar-refractivity contribution in [1.29, 1.82) is 0 Å². The normalized spacial score (nSPS) is 23.9. The van der Waals surface area contributed by atoms with Crippen LogP contribution in [0.4, 0.5) is 23.8 Å². The molecule has 7 nitrogen and oxygen atoms in total.